The van der Waals surface area contributed by atoms with E-state index in [-0.39, 0.29) is 5.91 Å². The molecule has 6 nitrogen and oxygen atoms in total. The first-order valence-corrected chi connectivity index (χ1v) is 9.95. The Kier molecular flexibility index (Phi) is 5.34. The Hall–Kier alpha value is -3.19. The summed E-state index contributed by atoms with van der Waals surface area (Å²) in [7, 11) is 0. The minimum atomic E-state index is -0.0205. The Morgan fingerprint density at radius 3 is 2.71 bits per heavy atom. The van der Waals surface area contributed by atoms with Crippen LogP contribution >= 0.6 is 11.3 Å². The van der Waals surface area contributed by atoms with Gasteiger partial charge in [0, 0.05) is 41.8 Å². The number of benzene rings is 1. The van der Waals surface area contributed by atoms with Crippen molar-refractivity contribution in [3.8, 4) is 17.0 Å². The van der Waals surface area contributed by atoms with Gasteiger partial charge in [-0.05, 0) is 48.9 Å². The summed E-state index contributed by atoms with van der Waals surface area (Å²) in [6.45, 7) is 3.11. The van der Waals surface area contributed by atoms with Crippen LogP contribution in [0.15, 0.2) is 60.4 Å². The molecule has 4 aromatic rings. The fraction of sp³-hybridized carbons (Fsp3) is 0.190. The predicted molar refractivity (Wildman–Crippen MR) is 109 cm³/mol. The molecule has 0 saturated heterocycles. The average molecular weight is 392 g/mol. The molecule has 1 aromatic carbocycles. The van der Waals surface area contributed by atoms with Crippen molar-refractivity contribution in [1.82, 2.24) is 19.7 Å². The van der Waals surface area contributed by atoms with Crippen molar-refractivity contribution in [1.29, 1.82) is 0 Å². The molecule has 3 aromatic heterocycles. The second-order valence-electron chi connectivity index (χ2n) is 6.27. The fourth-order valence-electron chi connectivity index (χ4n) is 2.91. The lowest BCUT2D eigenvalue weighted by Gasteiger charge is -2.05. The van der Waals surface area contributed by atoms with Crippen LogP contribution in [0.4, 0.5) is 0 Å². The number of ether oxygens (including phenoxy) is 1. The summed E-state index contributed by atoms with van der Waals surface area (Å²) in [5.41, 5.74) is 3.86. The van der Waals surface area contributed by atoms with Crippen LogP contribution in [0.1, 0.15) is 18.2 Å². The number of pyridine rings is 1. The smallest absolute Gasteiger partial charge is 0.226 e. The summed E-state index contributed by atoms with van der Waals surface area (Å²) in [4.78, 5) is 21.9. The number of hydrogen-bond donors (Lipinski definition) is 1. The normalized spacial score (nSPS) is 10.9. The number of imidazole rings is 1. The Morgan fingerprint density at radius 1 is 1.18 bits per heavy atom. The number of carbonyl (C=O) groups is 1. The number of fused-ring (bicyclic) bond motifs is 1. The molecule has 142 valence electrons. The van der Waals surface area contributed by atoms with E-state index in [1.165, 1.54) is 11.3 Å². The van der Waals surface area contributed by atoms with E-state index in [4.69, 9.17) is 4.74 Å². The Morgan fingerprint density at radius 2 is 1.96 bits per heavy atom. The van der Waals surface area contributed by atoms with Crippen molar-refractivity contribution in [3.05, 3.63) is 71.6 Å². The molecule has 0 aliphatic carbocycles. The zero-order valence-corrected chi connectivity index (χ0v) is 16.3. The number of carbonyl (C=O) groups excluding carboxylic acids is 1. The molecule has 0 fully saturated rings. The number of thiazole rings is 1. The van der Waals surface area contributed by atoms with Gasteiger partial charge in [0.25, 0.3) is 0 Å². The Bertz CT molecular complexity index is 1070. The molecule has 0 aliphatic heterocycles. The zero-order chi connectivity index (χ0) is 19.3. The second-order valence-corrected chi connectivity index (χ2v) is 7.11. The van der Waals surface area contributed by atoms with Gasteiger partial charge in [0.1, 0.15) is 5.75 Å². The van der Waals surface area contributed by atoms with Crippen LogP contribution in [0.5, 0.6) is 5.75 Å². The van der Waals surface area contributed by atoms with Crippen molar-refractivity contribution in [2.24, 2.45) is 0 Å². The number of amides is 1. The van der Waals surface area contributed by atoms with Crippen LogP contribution in [0.3, 0.4) is 0 Å². The summed E-state index contributed by atoms with van der Waals surface area (Å²) in [6, 6.07) is 11.7. The maximum atomic E-state index is 12.3. The molecule has 0 saturated carbocycles. The van der Waals surface area contributed by atoms with Crippen LogP contribution in [0.2, 0.25) is 0 Å². The predicted octanol–water partition coefficient (Wildman–Crippen LogP) is 3.72. The fourth-order valence-corrected chi connectivity index (χ4v) is 3.79. The highest BCUT2D eigenvalue weighted by Crippen LogP contribution is 2.25. The highest BCUT2D eigenvalue weighted by atomic mass is 32.1. The van der Waals surface area contributed by atoms with Gasteiger partial charge in [0.15, 0.2) is 4.96 Å². The number of nitrogens with zero attached hydrogens (tertiary/aromatic N) is 3. The van der Waals surface area contributed by atoms with Gasteiger partial charge < -0.3 is 10.1 Å². The molecule has 28 heavy (non-hydrogen) atoms. The van der Waals surface area contributed by atoms with E-state index in [9.17, 15) is 4.79 Å². The van der Waals surface area contributed by atoms with Crippen molar-refractivity contribution in [2.45, 2.75) is 19.9 Å². The molecule has 0 spiro atoms. The van der Waals surface area contributed by atoms with Crippen LogP contribution in [-0.2, 0) is 17.8 Å². The van der Waals surface area contributed by atoms with Gasteiger partial charge in [-0.1, -0.05) is 0 Å². The third-order valence-electron chi connectivity index (χ3n) is 4.33. The van der Waals surface area contributed by atoms with E-state index in [0.717, 1.165) is 33.2 Å². The molecule has 1 N–H and O–H groups in total. The van der Waals surface area contributed by atoms with Gasteiger partial charge in [-0.15, -0.1) is 11.3 Å². The molecular formula is C21H20N4O2S. The lowest BCUT2D eigenvalue weighted by atomic mass is 10.1. The van der Waals surface area contributed by atoms with Crippen molar-refractivity contribution in [2.75, 3.05) is 6.61 Å². The van der Waals surface area contributed by atoms with Gasteiger partial charge in [0.2, 0.25) is 5.91 Å². The minimum Gasteiger partial charge on any atom is -0.494 e. The molecule has 1 amide bonds. The van der Waals surface area contributed by atoms with Crippen LogP contribution in [-0.4, -0.2) is 26.9 Å². The maximum absolute atomic E-state index is 12.3. The van der Waals surface area contributed by atoms with Crippen molar-refractivity contribution >= 4 is 22.2 Å². The summed E-state index contributed by atoms with van der Waals surface area (Å²) in [5, 5.41) is 4.93. The van der Waals surface area contributed by atoms with E-state index in [0.29, 0.717) is 19.6 Å². The van der Waals surface area contributed by atoms with Gasteiger partial charge in [0.05, 0.1) is 18.7 Å². The first kappa shape index (κ1) is 18.2. The van der Waals surface area contributed by atoms with E-state index < -0.39 is 0 Å². The molecule has 7 heteroatoms. The molecule has 4 rings (SSSR count). The molecular weight excluding hydrogens is 372 g/mol. The molecule has 0 bridgehead atoms. The van der Waals surface area contributed by atoms with E-state index in [1.807, 2.05) is 59.3 Å². The molecule has 0 aliphatic rings. The van der Waals surface area contributed by atoms with Gasteiger partial charge in [-0.2, -0.15) is 0 Å². The highest BCUT2D eigenvalue weighted by molar-refractivity contribution is 7.15. The van der Waals surface area contributed by atoms with Crippen LogP contribution in [0.25, 0.3) is 16.2 Å². The van der Waals surface area contributed by atoms with Crippen molar-refractivity contribution in [3.63, 3.8) is 0 Å². The lowest BCUT2D eigenvalue weighted by Crippen LogP contribution is -2.24. The van der Waals surface area contributed by atoms with E-state index in [2.05, 4.69) is 15.3 Å². The SMILES string of the molecule is CCOc1ccc(-c2cn3c(CC(=O)NCc4ccncc4)csc3n2)cc1. The van der Waals surface area contributed by atoms with E-state index >= 15 is 0 Å². The first-order valence-electron chi connectivity index (χ1n) is 9.07. The molecule has 3 heterocycles. The van der Waals surface area contributed by atoms with Crippen LogP contribution < -0.4 is 10.1 Å². The summed E-state index contributed by atoms with van der Waals surface area (Å²) < 4.78 is 7.48. The standard InChI is InChI=1S/C21H20N4O2S/c1-2-27-18-5-3-16(4-6-18)19-13-25-17(14-28-21(25)24-19)11-20(26)23-12-15-7-9-22-10-8-15/h3-10,13-14H,2,11-12H2,1H3,(H,23,26). The quantitative estimate of drug-likeness (QED) is 0.521. The molecule has 0 atom stereocenters. The second kappa shape index (κ2) is 8.22. The summed E-state index contributed by atoms with van der Waals surface area (Å²) in [6.07, 6.45) is 5.73. The maximum Gasteiger partial charge on any atom is 0.226 e. The Balaban J connectivity index is 1.46. The van der Waals surface area contributed by atoms with Crippen molar-refractivity contribution < 1.29 is 9.53 Å². The summed E-state index contributed by atoms with van der Waals surface area (Å²) >= 11 is 1.54. The third kappa shape index (κ3) is 4.04. The monoisotopic (exact) mass is 392 g/mol. The first-order chi connectivity index (χ1) is 13.7. The summed E-state index contributed by atoms with van der Waals surface area (Å²) in [5.74, 6) is 0.826. The van der Waals surface area contributed by atoms with Gasteiger partial charge in [-0.25, -0.2) is 4.98 Å². The highest BCUT2D eigenvalue weighted by Gasteiger charge is 2.12. The van der Waals surface area contributed by atoms with Gasteiger partial charge in [-0.3, -0.25) is 14.2 Å². The number of nitrogens with one attached hydrogen (secondary N) is 1. The number of aromatic nitrogens is 3. The average Bonchev–Trinajstić information content (AvgIpc) is 3.30. The largest absolute Gasteiger partial charge is 0.494 e. The van der Waals surface area contributed by atoms with Crippen LogP contribution in [0, 0.1) is 0 Å². The molecule has 0 radical (unpaired) electrons. The Labute approximate surface area is 166 Å². The minimum absolute atomic E-state index is 0.0205. The number of hydrogen-bond acceptors (Lipinski definition) is 5. The lowest BCUT2D eigenvalue weighted by molar-refractivity contribution is -0.120. The van der Waals surface area contributed by atoms with Gasteiger partial charge >= 0.3 is 0 Å². The zero-order valence-electron chi connectivity index (χ0n) is 15.5. The molecule has 0 unspecified atom stereocenters. The number of rotatable bonds is 7. The third-order valence-corrected chi connectivity index (χ3v) is 5.21. The topological polar surface area (TPSA) is 68.5 Å². The van der Waals surface area contributed by atoms with E-state index in [1.54, 1.807) is 12.4 Å².